The first kappa shape index (κ1) is 25.7. The van der Waals surface area contributed by atoms with Gasteiger partial charge in [-0.25, -0.2) is 0 Å². The molecule has 0 bridgehead atoms. The summed E-state index contributed by atoms with van der Waals surface area (Å²) in [6, 6.07) is 4.87. The maximum atomic E-state index is 13.3. The summed E-state index contributed by atoms with van der Waals surface area (Å²) in [6.45, 7) is 7.81. The third kappa shape index (κ3) is 6.64. The van der Waals surface area contributed by atoms with E-state index in [2.05, 4.69) is 15.1 Å². The Bertz CT molecular complexity index is 835. The number of hydrogen-bond acceptors (Lipinski definition) is 5. The van der Waals surface area contributed by atoms with Gasteiger partial charge in [0.05, 0.1) is 29.8 Å². The number of carbonyl (C=O) groups is 2. The Hall–Kier alpha value is -1.38. The van der Waals surface area contributed by atoms with E-state index in [4.69, 9.17) is 27.9 Å². The average Bonchev–Trinajstić information content (AvgIpc) is 3.37. The number of morpholine rings is 1. The number of amides is 2. The number of piperazine rings is 1. The Balaban J connectivity index is 1.30. The fraction of sp³-hybridized carbons (Fsp3) is 0.680. The maximum Gasteiger partial charge on any atom is 0.255 e. The zero-order valence-corrected chi connectivity index (χ0v) is 21.3. The van der Waals surface area contributed by atoms with Crippen molar-refractivity contribution in [3.05, 3.63) is 33.8 Å². The van der Waals surface area contributed by atoms with Crippen LogP contribution in [0.2, 0.25) is 10.0 Å². The van der Waals surface area contributed by atoms with Crippen molar-refractivity contribution in [2.45, 2.75) is 38.1 Å². The molecule has 3 fully saturated rings. The van der Waals surface area contributed by atoms with Crippen molar-refractivity contribution in [2.24, 2.45) is 5.92 Å². The normalized spacial score (nSPS) is 21.5. The van der Waals surface area contributed by atoms with Crippen molar-refractivity contribution < 1.29 is 14.3 Å². The lowest BCUT2D eigenvalue weighted by Gasteiger charge is -2.41. The van der Waals surface area contributed by atoms with Crippen molar-refractivity contribution in [1.29, 1.82) is 0 Å². The zero-order valence-electron chi connectivity index (χ0n) is 19.8. The molecule has 0 unspecified atom stereocenters. The standard InChI is InChI=1S/C25H36Cl2N4O3/c26-20-6-7-21(22(27)18-20)25(33)31-12-10-30(11-13-31)23(19-4-1-2-5-19)24(32)28-8-3-9-29-14-16-34-17-15-29/h6-7,18-19,23H,1-5,8-17H2,(H,28,32)/t23-/m0/s1. The Morgan fingerprint density at radius 3 is 2.41 bits per heavy atom. The van der Waals surface area contributed by atoms with Gasteiger partial charge in [0.1, 0.15) is 0 Å². The molecule has 2 aliphatic heterocycles. The van der Waals surface area contributed by atoms with Crippen LogP contribution in [0.3, 0.4) is 0 Å². The number of benzene rings is 1. The highest BCUT2D eigenvalue weighted by Gasteiger charge is 2.37. The third-order valence-electron chi connectivity index (χ3n) is 7.33. The van der Waals surface area contributed by atoms with Crippen LogP contribution in [0.1, 0.15) is 42.5 Å². The highest BCUT2D eigenvalue weighted by molar-refractivity contribution is 6.36. The topological polar surface area (TPSA) is 65.1 Å². The molecule has 0 radical (unpaired) electrons. The lowest BCUT2D eigenvalue weighted by molar-refractivity contribution is -0.129. The van der Waals surface area contributed by atoms with Crippen LogP contribution in [0.5, 0.6) is 0 Å². The molecular formula is C25H36Cl2N4O3. The minimum absolute atomic E-state index is 0.0775. The lowest BCUT2D eigenvalue weighted by atomic mass is 9.95. The summed E-state index contributed by atoms with van der Waals surface area (Å²) in [5.74, 6) is 0.466. The number of nitrogens with one attached hydrogen (secondary N) is 1. The van der Waals surface area contributed by atoms with E-state index in [1.54, 1.807) is 18.2 Å². The van der Waals surface area contributed by atoms with Crippen LogP contribution in [0.15, 0.2) is 18.2 Å². The van der Waals surface area contributed by atoms with Crippen LogP contribution >= 0.6 is 23.2 Å². The van der Waals surface area contributed by atoms with Crippen molar-refractivity contribution >= 4 is 35.0 Å². The molecule has 2 amide bonds. The predicted octanol–water partition coefficient (Wildman–Crippen LogP) is 3.15. The van der Waals surface area contributed by atoms with E-state index >= 15 is 0 Å². The van der Waals surface area contributed by atoms with E-state index in [0.717, 1.165) is 52.1 Å². The van der Waals surface area contributed by atoms with Crippen LogP contribution in [-0.2, 0) is 9.53 Å². The second-order valence-electron chi connectivity index (χ2n) is 9.54. The molecule has 1 N–H and O–H groups in total. The minimum atomic E-state index is -0.109. The quantitative estimate of drug-likeness (QED) is 0.544. The van der Waals surface area contributed by atoms with Crippen molar-refractivity contribution in [3.8, 4) is 0 Å². The molecule has 4 rings (SSSR count). The number of hydrogen-bond donors (Lipinski definition) is 1. The fourth-order valence-electron chi connectivity index (χ4n) is 5.43. The van der Waals surface area contributed by atoms with Crippen molar-refractivity contribution in [3.63, 3.8) is 0 Å². The molecule has 34 heavy (non-hydrogen) atoms. The van der Waals surface area contributed by atoms with Crippen LogP contribution in [-0.4, -0.2) is 98.1 Å². The summed E-state index contributed by atoms with van der Waals surface area (Å²) < 4.78 is 5.40. The van der Waals surface area contributed by atoms with E-state index in [9.17, 15) is 9.59 Å². The molecule has 1 atom stereocenters. The minimum Gasteiger partial charge on any atom is -0.379 e. The summed E-state index contributed by atoms with van der Waals surface area (Å²) in [7, 11) is 0. The van der Waals surface area contributed by atoms with Gasteiger partial charge in [0.25, 0.3) is 5.91 Å². The Labute approximate surface area is 212 Å². The molecule has 1 aromatic rings. The second kappa shape index (κ2) is 12.5. The van der Waals surface area contributed by atoms with E-state index in [-0.39, 0.29) is 17.9 Å². The summed E-state index contributed by atoms with van der Waals surface area (Å²) in [5, 5.41) is 4.11. The second-order valence-corrected chi connectivity index (χ2v) is 10.4. The molecule has 2 saturated heterocycles. The van der Waals surface area contributed by atoms with E-state index in [1.165, 1.54) is 12.8 Å². The number of halogens is 2. The molecule has 3 aliphatic rings. The van der Waals surface area contributed by atoms with E-state index in [0.29, 0.717) is 54.3 Å². The summed E-state index contributed by atoms with van der Waals surface area (Å²) >= 11 is 12.2. The Kier molecular flexibility index (Phi) is 9.48. The largest absolute Gasteiger partial charge is 0.379 e. The number of nitrogens with zero attached hydrogens (tertiary/aromatic N) is 3. The van der Waals surface area contributed by atoms with E-state index < -0.39 is 0 Å². The number of ether oxygens (including phenoxy) is 1. The summed E-state index contributed by atoms with van der Waals surface area (Å²) in [5.41, 5.74) is 0.477. The van der Waals surface area contributed by atoms with Crippen molar-refractivity contribution in [1.82, 2.24) is 20.0 Å². The van der Waals surface area contributed by atoms with Crippen LogP contribution in [0.4, 0.5) is 0 Å². The van der Waals surface area contributed by atoms with Crippen molar-refractivity contribution in [2.75, 3.05) is 65.6 Å². The molecule has 1 saturated carbocycles. The van der Waals surface area contributed by atoms with Gasteiger partial charge in [0.2, 0.25) is 5.91 Å². The van der Waals surface area contributed by atoms with Crippen LogP contribution in [0.25, 0.3) is 0 Å². The highest BCUT2D eigenvalue weighted by Crippen LogP contribution is 2.31. The first-order valence-electron chi connectivity index (χ1n) is 12.6. The first-order valence-corrected chi connectivity index (χ1v) is 13.3. The van der Waals surface area contributed by atoms with Gasteiger partial charge in [0.15, 0.2) is 0 Å². The number of rotatable bonds is 8. The Morgan fingerprint density at radius 2 is 1.74 bits per heavy atom. The van der Waals surface area contributed by atoms with Gasteiger partial charge in [-0.1, -0.05) is 36.0 Å². The zero-order chi connectivity index (χ0) is 23.9. The van der Waals surface area contributed by atoms with Gasteiger partial charge in [-0.2, -0.15) is 0 Å². The van der Waals surface area contributed by atoms with Gasteiger partial charge in [0, 0.05) is 50.8 Å². The van der Waals surface area contributed by atoms with Gasteiger partial charge < -0.3 is 15.0 Å². The molecule has 1 aromatic carbocycles. The number of carbonyl (C=O) groups excluding carboxylic acids is 2. The lowest BCUT2D eigenvalue weighted by Crippen LogP contribution is -2.58. The summed E-state index contributed by atoms with van der Waals surface area (Å²) in [4.78, 5) is 32.8. The highest BCUT2D eigenvalue weighted by atomic mass is 35.5. The van der Waals surface area contributed by atoms with Gasteiger partial charge in [-0.15, -0.1) is 0 Å². The smallest absolute Gasteiger partial charge is 0.255 e. The average molecular weight is 511 g/mol. The first-order chi connectivity index (χ1) is 16.5. The van der Waals surface area contributed by atoms with Crippen LogP contribution in [0, 0.1) is 5.92 Å². The molecule has 9 heteroatoms. The Morgan fingerprint density at radius 1 is 1.03 bits per heavy atom. The molecule has 188 valence electrons. The van der Waals surface area contributed by atoms with Gasteiger partial charge in [-0.05, 0) is 49.9 Å². The molecule has 2 heterocycles. The fourth-order valence-corrected chi connectivity index (χ4v) is 5.92. The predicted molar refractivity (Wildman–Crippen MR) is 135 cm³/mol. The van der Waals surface area contributed by atoms with Gasteiger partial charge in [-0.3, -0.25) is 19.4 Å². The molecule has 7 nitrogen and oxygen atoms in total. The molecule has 0 aromatic heterocycles. The molecule has 0 spiro atoms. The van der Waals surface area contributed by atoms with Crippen LogP contribution < -0.4 is 5.32 Å². The third-order valence-corrected chi connectivity index (χ3v) is 7.87. The molecule has 1 aliphatic carbocycles. The molecular weight excluding hydrogens is 475 g/mol. The maximum absolute atomic E-state index is 13.3. The summed E-state index contributed by atoms with van der Waals surface area (Å²) in [6.07, 6.45) is 5.54. The van der Waals surface area contributed by atoms with E-state index in [1.807, 2.05) is 4.90 Å². The monoisotopic (exact) mass is 510 g/mol. The SMILES string of the molecule is O=C(NCCCN1CCOCC1)[C@H](C1CCCC1)N1CCN(C(=O)c2ccc(Cl)cc2Cl)CC1. The van der Waals surface area contributed by atoms with Gasteiger partial charge >= 0.3 is 0 Å².